The summed E-state index contributed by atoms with van der Waals surface area (Å²) in [6.07, 6.45) is 0. The monoisotopic (exact) mass is 578 g/mol. The predicted octanol–water partition coefficient (Wildman–Crippen LogP) is 7.95. The lowest BCUT2D eigenvalue weighted by atomic mass is 10.1. The fourth-order valence-electron chi connectivity index (χ4n) is 4.49. The average molecular weight is 579 g/mol. The highest BCUT2D eigenvalue weighted by Crippen LogP contribution is 2.31. The van der Waals surface area contributed by atoms with Crippen LogP contribution in [0.15, 0.2) is 120 Å². The first-order valence-corrected chi connectivity index (χ1v) is 13.5. The predicted molar refractivity (Wildman–Crippen MR) is 161 cm³/mol. The molecule has 0 aromatic heterocycles. The van der Waals surface area contributed by atoms with Gasteiger partial charge in [-0.05, 0) is 81.8 Å². The molecule has 0 radical (unpaired) electrons. The SMILES string of the molecule is CCN(C(=O)c1ccc(NC(=O)COc2ccc(-c3ccccc3)cc2Br)cc1)c1cccc2ccccc12. The van der Waals surface area contributed by atoms with Crippen molar-refractivity contribution < 1.29 is 14.3 Å². The number of nitrogens with one attached hydrogen (secondary N) is 1. The summed E-state index contributed by atoms with van der Waals surface area (Å²) < 4.78 is 6.50. The van der Waals surface area contributed by atoms with E-state index in [1.165, 1.54) is 0 Å². The molecule has 0 aliphatic rings. The second-order valence-electron chi connectivity index (χ2n) is 8.97. The number of amides is 2. The van der Waals surface area contributed by atoms with Crippen molar-refractivity contribution in [3.8, 4) is 16.9 Å². The number of benzene rings is 5. The summed E-state index contributed by atoms with van der Waals surface area (Å²) in [7, 11) is 0. The molecule has 2 amide bonds. The average Bonchev–Trinajstić information content (AvgIpc) is 2.98. The molecule has 5 rings (SSSR count). The molecule has 5 nitrogen and oxygen atoms in total. The van der Waals surface area contributed by atoms with E-state index >= 15 is 0 Å². The largest absolute Gasteiger partial charge is 0.483 e. The van der Waals surface area contributed by atoms with E-state index in [4.69, 9.17) is 4.74 Å². The van der Waals surface area contributed by atoms with Crippen LogP contribution in [-0.2, 0) is 4.79 Å². The highest BCUT2D eigenvalue weighted by Gasteiger charge is 2.18. The van der Waals surface area contributed by atoms with Crippen LogP contribution < -0.4 is 15.0 Å². The quantitative estimate of drug-likeness (QED) is 0.203. The van der Waals surface area contributed by atoms with Gasteiger partial charge in [-0.1, -0.05) is 72.8 Å². The molecular weight excluding hydrogens is 552 g/mol. The third kappa shape index (κ3) is 6.02. The Hall–Kier alpha value is -4.42. The molecule has 0 aliphatic heterocycles. The minimum Gasteiger partial charge on any atom is -0.483 e. The first-order chi connectivity index (χ1) is 19.0. The van der Waals surface area contributed by atoms with Crippen LogP contribution in [0.1, 0.15) is 17.3 Å². The molecule has 6 heteroatoms. The van der Waals surface area contributed by atoms with Gasteiger partial charge in [0.2, 0.25) is 0 Å². The molecular formula is C33H27BrN2O3. The van der Waals surface area contributed by atoms with Crippen LogP contribution in [0.2, 0.25) is 0 Å². The molecule has 0 bridgehead atoms. The topological polar surface area (TPSA) is 58.6 Å². The number of ether oxygens (including phenoxy) is 1. The van der Waals surface area contributed by atoms with Crippen LogP contribution in [0.5, 0.6) is 5.75 Å². The van der Waals surface area contributed by atoms with Crippen LogP contribution in [0.3, 0.4) is 0 Å². The van der Waals surface area contributed by atoms with E-state index in [2.05, 4.69) is 21.2 Å². The van der Waals surface area contributed by atoms with Crippen molar-refractivity contribution in [3.05, 3.63) is 125 Å². The molecule has 0 aliphatic carbocycles. The summed E-state index contributed by atoms with van der Waals surface area (Å²) in [5, 5.41) is 4.94. The summed E-state index contributed by atoms with van der Waals surface area (Å²) in [5.41, 5.74) is 4.16. The maximum Gasteiger partial charge on any atom is 0.262 e. The van der Waals surface area contributed by atoms with Gasteiger partial charge in [0, 0.05) is 23.2 Å². The number of anilines is 2. The summed E-state index contributed by atoms with van der Waals surface area (Å²) in [4.78, 5) is 27.7. The van der Waals surface area contributed by atoms with E-state index in [1.54, 1.807) is 29.2 Å². The van der Waals surface area contributed by atoms with Gasteiger partial charge in [-0.3, -0.25) is 9.59 Å². The van der Waals surface area contributed by atoms with Crippen LogP contribution in [-0.4, -0.2) is 25.0 Å². The van der Waals surface area contributed by atoms with Gasteiger partial charge in [-0.25, -0.2) is 0 Å². The number of nitrogens with zero attached hydrogens (tertiary/aromatic N) is 1. The van der Waals surface area contributed by atoms with Crippen molar-refractivity contribution in [2.45, 2.75) is 6.92 Å². The number of carbonyl (C=O) groups excluding carboxylic acids is 2. The molecule has 5 aromatic rings. The highest BCUT2D eigenvalue weighted by atomic mass is 79.9. The second kappa shape index (κ2) is 12.0. The number of fused-ring (bicyclic) bond motifs is 1. The Morgan fingerprint density at radius 1 is 0.795 bits per heavy atom. The smallest absolute Gasteiger partial charge is 0.262 e. The van der Waals surface area contributed by atoms with Crippen LogP contribution >= 0.6 is 15.9 Å². The number of halogens is 1. The Balaban J connectivity index is 1.21. The molecule has 1 N–H and O–H groups in total. The first-order valence-electron chi connectivity index (χ1n) is 12.7. The zero-order valence-corrected chi connectivity index (χ0v) is 23.0. The summed E-state index contributed by atoms with van der Waals surface area (Å²) in [6.45, 7) is 2.35. The van der Waals surface area contributed by atoms with Crippen molar-refractivity contribution in [2.75, 3.05) is 23.4 Å². The van der Waals surface area contributed by atoms with Gasteiger partial charge < -0.3 is 15.0 Å². The molecule has 0 heterocycles. The van der Waals surface area contributed by atoms with Crippen LogP contribution in [0.25, 0.3) is 21.9 Å². The lowest BCUT2D eigenvalue weighted by molar-refractivity contribution is -0.118. The van der Waals surface area contributed by atoms with E-state index in [0.29, 0.717) is 23.5 Å². The standard InChI is InChI=1S/C33H27BrN2O3/c1-2-36(30-14-8-12-24-11-6-7-13-28(24)30)33(38)25-15-18-27(19-16-25)35-32(37)22-39-31-20-17-26(21-29(31)34)23-9-4-3-5-10-23/h3-21H,2,22H2,1H3,(H,35,37). The minimum atomic E-state index is -0.293. The summed E-state index contributed by atoms with van der Waals surface area (Å²) in [5.74, 6) is 0.191. The molecule has 0 spiro atoms. The Morgan fingerprint density at radius 3 is 2.26 bits per heavy atom. The van der Waals surface area contributed by atoms with Crippen LogP contribution in [0.4, 0.5) is 11.4 Å². The van der Waals surface area contributed by atoms with Crippen molar-refractivity contribution >= 4 is 49.9 Å². The maximum absolute atomic E-state index is 13.4. The number of hydrogen-bond donors (Lipinski definition) is 1. The fourth-order valence-corrected chi connectivity index (χ4v) is 4.98. The molecule has 0 saturated carbocycles. The zero-order chi connectivity index (χ0) is 27.2. The van der Waals surface area contributed by atoms with Gasteiger partial charge in [-0.15, -0.1) is 0 Å². The number of carbonyl (C=O) groups is 2. The van der Waals surface area contributed by atoms with Gasteiger partial charge >= 0.3 is 0 Å². The molecule has 39 heavy (non-hydrogen) atoms. The Bertz CT molecular complexity index is 1610. The van der Waals surface area contributed by atoms with E-state index in [9.17, 15) is 9.59 Å². The highest BCUT2D eigenvalue weighted by molar-refractivity contribution is 9.10. The lowest BCUT2D eigenvalue weighted by Gasteiger charge is -2.23. The van der Waals surface area contributed by atoms with Crippen LogP contribution in [0, 0.1) is 0 Å². The zero-order valence-electron chi connectivity index (χ0n) is 21.4. The minimum absolute atomic E-state index is 0.0983. The van der Waals surface area contributed by atoms with Gasteiger partial charge in [0.1, 0.15) is 5.75 Å². The van der Waals surface area contributed by atoms with E-state index in [1.807, 2.05) is 97.9 Å². The van der Waals surface area contributed by atoms with E-state index in [0.717, 1.165) is 32.1 Å². The van der Waals surface area contributed by atoms with Gasteiger partial charge in [0.25, 0.3) is 11.8 Å². The van der Waals surface area contributed by atoms with Gasteiger partial charge in [0.05, 0.1) is 10.2 Å². The van der Waals surface area contributed by atoms with Gasteiger partial charge in [-0.2, -0.15) is 0 Å². The normalized spacial score (nSPS) is 10.7. The Kier molecular flexibility index (Phi) is 8.04. The Labute approximate surface area is 236 Å². The maximum atomic E-state index is 13.4. The van der Waals surface area contributed by atoms with Crippen molar-refractivity contribution in [3.63, 3.8) is 0 Å². The van der Waals surface area contributed by atoms with E-state index < -0.39 is 0 Å². The summed E-state index contributed by atoms with van der Waals surface area (Å²) in [6, 6.07) is 36.7. The molecule has 0 saturated heterocycles. The van der Waals surface area contributed by atoms with Crippen molar-refractivity contribution in [2.24, 2.45) is 0 Å². The molecule has 0 unspecified atom stereocenters. The third-order valence-corrected chi connectivity index (χ3v) is 7.05. The molecule has 0 fully saturated rings. The third-order valence-electron chi connectivity index (χ3n) is 6.43. The molecule has 194 valence electrons. The number of hydrogen-bond acceptors (Lipinski definition) is 3. The van der Waals surface area contributed by atoms with Gasteiger partial charge in [0.15, 0.2) is 6.61 Å². The summed E-state index contributed by atoms with van der Waals surface area (Å²) >= 11 is 3.54. The van der Waals surface area contributed by atoms with Crippen molar-refractivity contribution in [1.29, 1.82) is 0 Å². The second-order valence-corrected chi connectivity index (χ2v) is 9.83. The van der Waals surface area contributed by atoms with Crippen molar-refractivity contribution in [1.82, 2.24) is 0 Å². The Morgan fingerprint density at radius 2 is 1.51 bits per heavy atom. The molecule has 5 aromatic carbocycles. The molecule has 0 atom stereocenters. The number of rotatable bonds is 8. The first kappa shape index (κ1) is 26.2. The fraction of sp³-hybridized carbons (Fsp3) is 0.0909. The lowest BCUT2D eigenvalue weighted by Crippen LogP contribution is -2.30. The van der Waals surface area contributed by atoms with E-state index in [-0.39, 0.29) is 18.4 Å².